The van der Waals surface area contributed by atoms with Gasteiger partial charge in [-0.15, -0.1) is 0 Å². The highest BCUT2D eigenvalue weighted by atomic mass is 32.1. The number of rotatable bonds is 4. The minimum atomic E-state index is 0.0518. The lowest BCUT2D eigenvalue weighted by Gasteiger charge is -2.13. The number of Topliss-reactive ketones (excluding diaryl/α,β-unsaturated/α-hetero) is 1. The van der Waals surface area contributed by atoms with Crippen molar-refractivity contribution in [3.63, 3.8) is 0 Å². The number of carbonyl (C=O) groups excluding carboxylic acids is 1. The van der Waals surface area contributed by atoms with Crippen molar-refractivity contribution in [2.75, 3.05) is 11.9 Å². The fourth-order valence-corrected chi connectivity index (χ4v) is 2.25. The Labute approximate surface area is 104 Å². The van der Waals surface area contributed by atoms with Crippen LogP contribution in [-0.2, 0) is 6.54 Å². The first-order valence-electron chi connectivity index (χ1n) is 5.29. The summed E-state index contributed by atoms with van der Waals surface area (Å²) in [4.78, 5) is 18.0. The first-order valence-corrected chi connectivity index (χ1v) is 6.11. The van der Waals surface area contributed by atoms with Gasteiger partial charge in [0.1, 0.15) is 11.5 Å². The Morgan fingerprint density at radius 2 is 2.29 bits per heavy atom. The van der Waals surface area contributed by atoms with Gasteiger partial charge in [0.05, 0.1) is 17.6 Å². The third kappa shape index (κ3) is 2.74. The molecule has 0 atom stereocenters. The van der Waals surface area contributed by atoms with Crippen LogP contribution in [0.1, 0.15) is 28.1 Å². The predicted molar refractivity (Wildman–Crippen MR) is 67.7 cm³/mol. The summed E-state index contributed by atoms with van der Waals surface area (Å²) in [6, 6.07) is 3.89. The van der Waals surface area contributed by atoms with E-state index in [2.05, 4.69) is 4.98 Å². The van der Waals surface area contributed by atoms with Crippen LogP contribution in [0.25, 0.3) is 0 Å². The molecule has 17 heavy (non-hydrogen) atoms. The molecule has 2 aromatic heterocycles. The van der Waals surface area contributed by atoms with Crippen LogP contribution in [0.3, 0.4) is 0 Å². The molecular weight excluding hydrogens is 236 g/mol. The highest BCUT2D eigenvalue weighted by molar-refractivity contribution is 7.17. The van der Waals surface area contributed by atoms with Crippen molar-refractivity contribution in [2.45, 2.75) is 20.4 Å². The molecule has 0 radical (unpaired) electrons. The van der Waals surface area contributed by atoms with Gasteiger partial charge in [-0.05, 0) is 19.1 Å². The van der Waals surface area contributed by atoms with Crippen LogP contribution in [-0.4, -0.2) is 17.8 Å². The van der Waals surface area contributed by atoms with Crippen molar-refractivity contribution in [3.05, 3.63) is 34.7 Å². The maximum Gasteiger partial charge on any atom is 0.186 e. The number of anilines is 1. The molecule has 2 aromatic rings. The van der Waals surface area contributed by atoms with E-state index in [0.29, 0.717) is 11.4 Å². The topological polar surface area (TPSA) is 46.3 Å². The van der Waals surface area contributed by atoms with Crippen LogP contribution in [0, 0.1) is 6.92 Å². The fraction of sp³-hybridized carbons (Fsp3) is 0.333. The SMILES string of the molecule is CC(=O)c1cnc(N(C)Cc2ccc(C)o2)s1. The molecule has 0 N–H and O–H groups in total. The van der Waals surface area contributed by atoms with E-state index in [1.807, 2.05) is 31.0 Å². The molecule has 2 rings (SSSR count). The standard InChI is InChI=1S/C12H14N2O2S/c1-8-4-5-10(16-8)7-14(3)12-13-6-11(17-12)9(2)15/h4-6H,7H2,1-3H3. The second-order valence-electron chi connectivity index (χ2n) is 3.93. The van der Waals surface area contributed by atoms with Crippen molar-refractivity contribution in [2.24, 2.45) is 0 Å². The summed E-state index contributed by atoms with van der Waals surface area (Å²) in [5.74, 6) is 1.84. The number of aryl methyl sites for hydroxylation is 1. The molecule has 0 unspecified atom stereocenters. The van der Waals surface area contributed by atoms with E-state index in [1.165, 1.54) is 11.3 Å². The molecule has 0 aliphatic heterocycles. The van der Waals surface area contributed by atoms with E-state index in [9.17, 15) is 4.79 Å². The fourth-order valence-electron chi connectivity index (χ4n) is 1.48. The van der Waals surface area contributed by atoms with E-state index in [4.69, 9.17) is 4.42 Å². The van der Waals surface area contributed by atoms with Gasteiger partial charge in [0.2, 0.25) is 0 Å². The second-order valence-corrected chi connectivity index (χ2v) is 4.94. The van der Waals surface area contributed by atoms with Crippen LogP contribution in [0.15, 0.2) is 22.7 Å². The van der Waals surface area contributed by atoms with Gasteiger partial charge in [-0.25, -0.2) is 4.98 Å². The minimum Gasteiger partial charge on any atom is -0.464 e. The van der Waals surface area contributed by atoms with E-state index in [1.54, 1.807) is 13.1 Å². The van der Waals surface area contributed by atoms with E-state index in [0.717, 1.165) is 16.7 Å². The largest absolute Gasteiger partial charge is 0.464 e. The van der Waals surface area contributed by atoms with Gasteiger partial charge in [0.25, 0.3) is 0 Å². The normalized spacial score (nSPS) is 10.5. The number of thiazole rings is 1. The maximum absolute atomic E-state index is 11.2. The number of aromatic nitrogens is 1. The maximum atomic E-state index is 11.2. The molecule has 4 nitrogen and oxygen atoms in total. The van der Waals surface area contributed by atoms with E-state index >= 15 is 0 Å². The van der Waals surface area contributed by atoms with E-state index in [-0.39, 0.29) is 5.78 Å². The molecule has 0 saturated carbocycles. The zero-order chi connectivity index (χ0) is 12.4. The Balaban J connectivity index is 2.08. The number of ketones is 1. The molecule has 0 fully saturated rings. The van der Waals surface area contributed by atoms with Crippen molar-refractivity contribution in [1.29, 1.82) is 0 Å². The van der Waals surface area contributed by atoms with Gasteiger partial charge in [-0.1, -0.05) is 11.3 Å². The number of furan rings is 1. The highest BCUT2D eigenvalue weighted by Crippen LogP contribution is 2.23. The van der Waals surface area contributed by atoms with Crippen LogP contribution < -0.4 is 4.90 Å². The molecular formula is C12H14N2O2S. The average molecular weight is 250 g/mol. The molecule has 0 amide bonds. The average Bonchev–Trinajstić information content (AvgIpc) is 2.86. The molecule has 5 heteroatoms. The molecule has 0 aromatic carbocycles. The Bertz CT molecular complexity index is 530. The summed E-state index contributed by atoms with van der Waals surface area (Å²) in [6.45, 7) is 4.12. The van der Waals surface area contributed by atoms with Gasteiger partial charge >= 0.3 is 0 Å². The van der Waals surface area contributed by atoms with Crippen molar-refractivity contribution in [3.8, 4) is 0 Å². The van der Waals surface area contributed by atoms with Crippen molar-refractivity contribution in [1.82, 2.24) is 4.98 Å². The summed E-state index contributed by atoms with van der Waals surface area (Å²) in [5.41, 5.74) is 0. The van der Waals surface area contributed by atoms with Crippen molar-refractivity contribution < 1.29 is 9.21 Å². The second kappa shape index (κ2) is 4.71. The first kappa shape index (κ1) is 11.9. The highest BCUT2D eigenvalue weighted by Gasteiger charge is 2.11. The number of hydrogen-bond donors (Lipinski definition) is 0. The predicted octanol–water partition coefficient (Wildman–Crippen LogP) is 2.88. The molecule has 0 bridgehead atoms. The molecule has 0 aliphatic carbocycles. The van der Waals surface area contributed by atoms with Gasteiger partial charge in [-0.2, -0.15) is 0 Å². The van der Waals surface area contributed by atoms with E-state index < -0.39 is 0 Å². The Kier molecular flexibility index (Phi) is 3.28. The lowest BCUT2D eigenvalue weighted by atomic mass is 10.4. The Morgan fingerprint density at radius 3 is 2.82 bits per heavy atom. The van der Waals surface area contributed by atoms with Gasteiger partial charge in [-0.3, -0.25) is 4.79 Å². The number of carbonyl (C=O) groups is 1. The summed E-state index contributed by atoms with van der Waals surface area (Å²) in [7, 11) is 1.93. The van der Waals surface area contributed by atoms with Gasteiger partial charge in [0, 0.05) is 14.0 Å². The van der Waals surface area contributed by atoms with Gasteiger partial charge < -0.3 is 9.32 Å². The first-order chi connectivity index (χ1) is 8.06. The number of hydrogen-bond acceptors (Lipinski definition) is 5. The molecule has 0 aliphatic rings. The zero-order valence-electron chi connectivity index (χ0n) is 10.1. The van der Waals surface area contributed by atoms with Gasteiger partial charge in [0.15, 0.2) is 10.9 Å². The molecule has 0 spiro atoms. The third-order valence-corrected chi connectivity index (χ3v) is 3.57. The Morgan fingerprint density at radius 1 is 1.53 bits per heavy atom. The summed E-state index contributed by atoms with van der Waals surface area (Å²) < 4.78 is 5.50. The lowest BCUT2D eigenvalue weighted by Crippen LogP contribution is -2.15. The molecule has 2 heterocycles. The summed E-state index contributed by atoms with van der Waals surface area (Å²) in [6.07, 6.45) is 1.62. The minimum absolute atomic E-state index is 0.0518. The van der Waals surface area contributed by atoms with Crippen LogP contribution >= 0.6 is 11.3 Å². The molecule has 0 saturated heterocycles. The number of nitrogens with zero attached hydrogens (tertiary/aromatic N) is 2. The monoisotopic (exact) mass is 250 g/mol. The summed E-state index contributed by atoms with van der Waals surface area (Å²) in [5, 5.41) is 0.823. The summed E-state index contributed by atoms with van der Waals surface area (Å²) >= 11 is 1.40. The zero-order valence-corrected chi connectivity index (χ0v) is 10.9. The third-order valence-electron chi connectivity index (χ3n) is 2.36. The lowest BCUT2D eigenvalue weighted by molar-refractivity contribution is 0.102. The van der Waals surface area contributed by atoms with Crippen LogP contribution in [0.2, 0.25) is 0 Å². The van der Waals surface area contributed by atoms with Crippen molar-refractivity contribution >= 4 is 22.3 Å². The van der Waals surface area contributed by atoms with Crippen LogP contribution in [0.4, 0.5) is 5.13 Å². The van der Waals surface area contributed by atoms with Crippen LogP contribution in [0.5, 0.6) is 0 Å². The molecule has 90 valence electrons. The smallest absolute Gasteiger partial charge is 0.186 e. The quantitative estimate of drug-likeness (QED) is 0.783. The Hall–Kier alpha value is -1.62.